The lowest BCUT2D eigenvalue weighted by Gasteiger charge is -2.32. The first-order valence-corrected chi connectivity index (χ1v) is 8.76. The third-order valence-electron chi connectivity index (χ3n) is 5.37. The Labute approximate surface area is 140 Å². The Morgan fingerprint density at radius 3 is 2.61 bits per heavy atom. The van der Waals surface area contributed by atoms with Gasteiger partial charge in [-0.05, 0) is 58.1 Å². The normalized spacial score (nSPS) is 26.4. The molecule has 23 heavy (non-hydrogen) atoms. The van der Waals surface area contributed by atoms with E-state index in [9.17, 15) is 0 Å². The van der Waals surface area contributed by atoms with Gasteiger partial charge in [-0.25, -0.2) is 0 Å². The molecule has 2 heterocycles. The first-order chi connectivity index (χ1) is 10.9. The molecule has 2 N–H and O–H groups in total. The van der Waals surface area contributed by atoms with E-state index in [4.69, 9.17) is 9.31 Å². The lowest BCUT2D eigenvalue weighted by atomic mass is 9.78. The van der Waals surface area contributed by atoms with E-state index < -0.39 is 0 Å². The minimum atomic E-state index is -0.292. The van der Waals surface area contributed by atoms with Crippen molar-refractivity contribution in [3.63, 3.8) is 0 Å². The summed E-state index contributed by atoms with van der Waals surface area (Å²) >= 11 is 0. The lowest BCUT2D eigenvalue weighted by Crippen LogP contribution is -2.42. The van der Waals surface area contributed by atoms with Crippen molar-refractivity contribution in [1.82, 2.24) is 10.6 Å². The summed E-state index contributed by atoms with van der Waals surface area (Å²) in [6, 6.07) is 9.12. The molecule has 0 bridgehead atoms. The highest BCUT2D eigenvalue weighted by molar-refractivity contribution is 6.62. The van der Waals surface area contributed by atoms with Gasteiger partial charge in [-0.15, -0.1) is 0 Å². The third kappa shape index (κ3) is 3.79. The van der Waals surface area contributed by atoms with Crippen molar-refractivity contribution in [3.05, 3.63) is 29.8 Å². The summed E-state index contributed by atoms with van der Waals surface area (Å²) in [5.41, 5.74) is 1.80. The molecule has 0 aromatic heterocycles. The number of benzene rings is 1. The van der Waals surface area contributed by atoms with Crippen LogP contribution in [-0.2, 0) is 15.9 Å². The van der Waals surface area contributed by atoms with Gasteiger partial charge in [0, 0.05) is 19.1 Å². The van der Waals surface area contributed by atoms with E-state index in [1.165, 1.54) is 18.4 Å². The summed E-state index contributed by atoms with van der Waals surface area (Å²) in [6.07, 6.45) is 2.51. The van der Waals surface area contributed by atoms with E-state index in [2.05, 4.69) is 62.6 Å². The Bertz CT molecular complexity index is 526. The average molecular weight is 316 g/mol. The van der Waals surface area contributed by atoms with Gasteiger partial charge >= 0.3 is 7.12 Å². The number of nitrogens with one attached hydrogen (secondary N) is 2. The molecule has 0 amide bonds. The molecule has 0 radical (unpaired) electrons. The highest BCUT2D eigenvalue weighted by Crippen LogP contribution is 2.36. The fourth-order valence-corrected chi connectivity index (χ4v) is 3.12. The van der Waals surface area contributed by atoms with Crippen molar-refractivity contribution >= 4 is 12.6 Å². The molecule has 2 fully saturated rings. The second-order valence-corrected chi connectivity index (χ2v) is 7.76. The van der Waals surface area contributed by atoms with Crippen molar-refractivity contribution < 1.29 is 9.31 Å². The van der Waals surface area contributed by atoms with Crippen molar-refractivity contribution in [1.29, 1.82) is 0 Å². The summed E-state index contributed by atoms with van der Waals surface area (Å²) in [6.45, 7) is 11.5. The minimum absolute atomic E-state index is 0.281. The Morgan fingerprint density at radius 1 is 1.22 bits per heavy atom. The maximum absolute atomic E-state index is 6.15. The molecule has 0 spiro atoms. The van der Waals surface area contributed by atoms with Crippen LogP contribution in [0.15, 0.2) is 24.3 Å². The molecule has 1 unspecified atom stereocenters. The molecule has 2 aliphatic heterocycles. The van der Waals surface area contributed by atoms with Crippen molar-refractivity contribution in [3.8, 4) is 0 Å². The Kier molecular flexibility index (Phi) is 4.84. The topological polar surface area (TPSA) is 42.5 Å². The van der Waals surface area contributed by atoms with Gasteiger partial charge in [0.05, 0.1) is 11.2 Å². The Balaban J connectivity index is 1.63. The van der Waals surface area contributed by atoms with Crippen LogP contribution in [0.2, 0.25) is 0 Å². The molecule has 1 aromatic carbocycles. The standard InChI is InChI=1S/C18H29BN2O2/c1-17(2)18(3,4)23-19(22-17)15-8-5-7-14(11-15)12-21-16-9-6-10-20-13-16/h5,7-8,11,16,20-21H,6,9-10,12-13H2,1-4H3. The second kappa shape index (κ2) is 6.56. The zero-order valence-corrected chi connectivity index (χ0v) is 14.8. The fourth-order valence-electron chi connectivity index (χ4n) is 3.12. The molecule has 3 rings (SSSR count). The first kappa shape index (κ1) is 17.0. The number of piperidine rings is 1. The van der Waals surface area contributed by atoms with Crippen LogP contribution in [0, 0.1) is 0 Å². The van der Waals surface area contributed by atoms with Gasteiger partial charge in [0.15, 0.2) is 0 Å². The predicted octanol–water partition coefficient (Wildman–Crippen LogP) is 1.83. The largest absolute Gasteiger partial charge is 0.494 e. The molecule has 0 saturated carbocycles. The van der Waals surface area contributed by atoms with E-state index in [0.717, 1.165) is 25.1 Å². The molecular weight excluding hydrogens is 287 g/mol. The lowest BCUT2D eigenvalue weighted by molar-refractivity contribution is 0.00578. The van der Waals surface area contributed by atoms with E-state index in [-0.39, 0.29) is 18.3 Å². The Hall–Kier alpha value is -0.875. The first-order valence-electron chi connectivity index (χ1n) is 8.76. The number of rotatable bonds is 4. The molecule has 4 nitrogen and oxygen atoms in total. The molecular formula is C18H29BN2O2. The van der Waals surface area contributed by atoms with Gasteiger partial charge < -0.3 is 19.9 Å². The van der Waals surface area contributed by atoms with Gasteiger partial charge in [-0.2, -0.15) is 0 Å². The van der Waals surface area contributed by atoms with Gasteiger partial charge in [-0.3, -0.25) is 0 Å². The molecule has 1 atom stereocenters. The molecule has 126 valence electrons. The van der Waals surface area contributed by atoms with Crippen LogP contribution in [0.4, 0.5) is 0 Å². The van der Waals surface area contributed by atoms with Crippen LogP contribution in [0.25, 0.3) is 0 Å². The molecule has 1 aromatic rings. The van der Waals surface area contributed by atoms with Gasteiger partial charge in [-0.1, -0.05) is 24.3 Å². The van der Waals surface area contributed by atoms with E-state index in [0.29, 0.717) is 6.04 Å². The summed E-state index contributed by atoms with van der Waals surface area (Å²) < 4.78 is 12.3. The van der Waals surface area contributed by atoms with Crippen LogP contribution in [-0.4, -0.2) is 37.5 Å². The molecule has 2 saturated heterocycles. The monoisotopic (exact) mass is 316 g/mol. The van der Waals surface area contributed by atoms with Crippen LogP contribution in [0.3, 0.4) is 0 Å². The quantitative estimate of drug-likeness (QED) is 0.832. The summed E-state index contributed by atoms with van der Waals surface area (Å²) in [7, 11) is -0.281. The van der Waals surface area contributed by atoms with Crippen molar-refractivity contribution in [2.75, 3.05) is 13.1 Å². The van der Waals surface area contributed by atoms with Crippen molar-refractivity contribution in [2.24, 2.45) is 0 Å². The molecule has 2 aliphatic rings. The highest BCUT2D eigenvalue weighted by Gasteiger charge is 2.51. The van der Waals surface area contributed by atoms with Crippen LogP contribution < -0.4 is 16.1 Å². The van der Waals surface area contributed by atoms with E-state index in [1.807, 2.05) is 0 Å². The van der Waals surface area contributed by atoms with Crippen LogP contribution in [0.5, 0.6) is 0 Å². The molecule has 5 heteroatoms. The van der Waals surface area contributed by atoms with E-state index >= 15 is 0 Å². The van der Waals surface area contributed by atoms with Gasteiger partial charge in [0.25, 0.3) is 0 Å². The average Bonchev–Trinajstić information content (AvgIpc) is 2.75. The van der Waals surface area contributed by atoms with Crippen LogP contribution >= 0.6 is 0 Å². The second-order valence-electron chi connectivity index (χ2n) is 7.76. The summed E-state index contributed by atoms with van der Waals surface area (Å²) in [5.74, 6) is 0. The molecule has 0 aliphatic carbocycles. The summed E-state index contributed by atoms with van der Waals surface area (Å²) in [5, 5.41) is 7.09. The smallest absolute Gasteiger partial charge is 0.399 e. The maximum Gasteiger partial charge on any atom is 0.494 e. The third-order valence-corrected chi connectivity index (χ3v) is 5.37. The minimum Gasteiger partial charge on any atom is -0.399 e. The van der Waals surface area contributed by atoms with E-state index in [1.54, 1.807) is 0 Å². The number of hydrogen-bond acceptors (Lipinski definition) is 4. The maximum atomic E-state index is 6.15. The predicted molar refractivity (Wildman–Crippen MR) is 94.9 cm³/mol. The van der Waals surface area contributed by atoms with Crippen LogP contribution in [0.1, 0.15) is 46.1 Å². The SMILES string of the molecule is CC1(C)OB(c2cccc(CNC3CCCNC3)c2)OC1(C)C. The fraction of sp³-hybridized carbons (Fsp3) is 0.667. The van der Waals surface area contributed by atoms with Crippen molar-refractivity contribution in [2.45, 2.75) is 64.3 Å². The highest BCUT2D eigenvalue weighted by atomic mass is 16.7. The van der Waals surface area contributed by atoms with Gasteiger partial charge in [0.1, 0.15) is 0 Å². The number of hydrogen-bond donors (Lipinski definition) is 2. The Morgan fingerprint density at radius 2 is 1.96 bits per heavy atom. The van der Waals surface area contributed by atoms with Gasteiger partial charge in [0.2, 0.25) is 0 Å². The zero-order valence-electron chi connectivity index (χ0n) is 14.8. The summed E-state index contributed by atoms with van der Waals surface area (Å²) in [4.78, 5) is 0. The zero-order chi connectivity index (χ0) is 16.5.